The molecule has 0 aromatic heterocycles. The fraction of sp³-hybridized carbons (Fsp3) is 0.0714. The monoisotopic (exact) mass is 356 g/mol. The van der Waals surface area contributed by atoms with Gasteiger partial charge in [-0.1, -0.05) is 0 Å². The molecule has 2 rings (SSSR count). The van der Waals surface area contributed by atoms with Crippen LogP contribution in [0.3, 0.4) is 0 Å². The van der Waals surface area contributed by atoms with E-state index in [2.05, 4.69) is 15.9 Å². The number of nitrogens with two attached hydrogens (primary N) is 1. The Hall–Kier alpha value is -2.20. The van der Waals surface area contributed by atoms with Gasteiger partial charge in [0.15, 0.2) is 11.6 Å². The number of nitrogen functional groups attached to an aromatic ring is 1. The fourth-order valence-corrected chi connectivity index (χ4v) is 2.10. The zero-order chi connectivity index (χ0) is 15.7. The summed E-state index contributed by atoms with van der Waals surface area (Å²) in [5.74, 6) is -3.66. The number of ether oxygens (including phenoxy) is 1. The Morgan fingerprint density at radius 3 is 2.52 bits per heavy atom. The molecule has 0 fully saturated rings. The number of hydrogen-bond acceptors (Lipinski definition) is 3. The highest BCUT2D eigenvalue weighted by Crippen LogP contribution is 2.39. The van der Waals surface area contributed by atoms with Crippen LogP contribution >= 0.6 is 15.9 Å². The second kappa shape index (κ2) is 5.66. The molecule has 0 amide bonds. The summed E-state index contributed by atoms with van der Waals surface area (Å²) in [7, 11) is 0. The van der Waals surface area contributed by atoms with Crippen molar-refractivity contribution >= 4 is 21.6 Å². The Bertz CT molecular complexity index is 743. The van der Waals surface area contributed by atoms with E-state index in [4.69, 9.17) is 15.7 Å². The quantitative estimate of drug-likeness (QED) is 0.639. The molecule has 0 aliphatic heterocycles. The SMILES string of the molecule is Cc1c(N)c(F)c(F)c(Oc2ccc(F)c(C#N)c2)c1Br. The average molecular weight is 357 g/mol. The first kappa shape index (κ1) is 15.2. The van der Waals surface area contributed by atoms with Gasteiger partial charge in [-0.25, -0.2) is 8.78 Å². The molecule has 2 N–H and O–H groups in total. The fourth-order valence-electron chi connectivity index (χ4n) is 1.63. The molecule has 0 unspecified atom stereocenters. The largest absolute Gasteiger partial charge is 0.453 e. The first-order valence-electron chi connectivity index (χ1n) is 5.66. The van der Waals surface area contributed by atoms with Crippen LogP contribution in [0.1, 0.15) is 11.1 Å². The molecule has 0 spiro atoms. The highest BCUT2D eigenvalue weighted by Gasteiger charge is 2.21. The van der Waals surface area contributed by atoms with E-state index in [1.165, 1.54) is 13.0 Å². The van der Waals surface area contributed by atoms with Crippen LogP contribution in [0.15, 0.2) is 22.7 Å². The van der Waals surface area contributed by atoms with Crippen LogP contribution in [0, 0.1) is 35.7 Å². The Morgan fingerprint density at radius 1 is 1.24 bits per heavy atom. The number of halogens is 4. The highest BCUT2D eigenvalue weighted by atomic mass is 79.9. The van der Waals surface area contributed by atoms with Gasteiger partial charge in [0.25, 0.3) is 0 Å². The first-order valence-corrected chi connectivity index (χ1v) is 6.46. The van der Waals surface area contributed by atoms with E-state index in [9.17, 15) is 13.2 Å². The number of hydrogen-bond donors (Lipinski definition) is 1. The van der Waals surface area contributed by atoms with E-state index in [-0.39, 0.29) is 27.0 Å². The molecule has 0 radical (unpaired) electrons. The van der Waals surface area contributed by atoms with Crippen LogP contribution in [0.2, 0.25) is 0 Å². The number of rotatable bonds is 2. The van der Waals surface area contributed by atoms with Gasteiger partial charge in [-0.2, -0.15) is 9.65 Å². The van der Waals surface area contributed by atoms with E-state index in [0.717, 1.165) is 12.1 Å². The lowest BCUT2D eigenvalue weighted by atomic mass is 10.1. The zero-order valence-electron chi connectivity index (χ0n) is 10.7. The van der Waals surface area contributed by atoms with Crippen molar-refractivity contribution in [3.8, 4) is 17.6 Å². The minimum absolute atomic E-state index is 0.00359. The van der Waals surface area contributed by atoms with E-state index >= 15 is 0 Å². The zero-order valence-corrected chi connectivity index (χ0v) is 12.3. The van der Waals surface area contributed by atoms with Gasteiger partial charge in [0.2, 0.25) is 5.82 Å². The smallest absolute Gasteiger partial charge is 0.204 e. The summed E-state index contributed by atoms with van der Waals surface area (Å²) in [6, 6.07) is 4.92. The van der Waals surface area contributed by atoms with Gasteiger partial charge in [-0.3, -0.25) is 0 Å². The summed E-state index contributed by atoms with van der Waals surface area (Å²) in [6.07, 6.45) is 0. The van der Waals surface area contributed by atoms with Crippen molar-refractivity contribution in [2.45, 2.75) is 6.92 Å². The maximum atomic E-state index is 13.9. The summed E-state index contributed by atoms with van der Waals surface area (Å²) in [6.45, 7) is 1.49. The van der Waals surface area contributed by atoms with Gasteiger partial charge >= 0.3 is 0 Å². The van der Waals surface area contributed by atoms with Crippen LogP contribution in [-0.2, 0) is 0 Å². The molecule has 0 atom stereocenters. The Kier molecular flexibility index (Phi) is 4.09. The van der Waals surface area contributed by atoms with Crippen molar-refractivity contribution < 1.29 is 17.9 Å². The van der Waals surface area contributed by atoms with Gasteiger partial charge in [0.05, 0.1) is 15.7 Å². The molecule has 7 heteroatoms. The van der Waals surface area contributed by atoms with Crippen LogP contribution in [0.5, 0.6) is 11.5 Å². The molecule has 0 bridgehead atoms. The minimum Gasteiger partial charge on any atom is -0.453 e. The number of benzene rings is 2. The van der Waals surface area contributed by atoms with Crippen molar-refractivity contribution in [3.05, 3.63) is 51.3 Å². The van der Waals surface area contributed by atoms with Crippen LogP contribution in [-0.4, -0.2) is 0 Å². The van der Waals surface area contributed by atoms with Gasteiger partial charge < -0.3 is 10.5 Å². The third kappa shape index (κ3) is 2.67. The van der Waals surface area contributed by atoms with Crippen molar-refractivity contribution in [3.63, 3.8) is 0 Å². The standard InChI is InChI=1S/C14H8BrF3N2O/c1-6-10(15)14(12(18)11(17)13(6)20)21-8-2-3-9(16)7(4-8)5-19/h2-4H,20H2,1H3. The molecule has 0 saturated carbocycles. The van der Waals surface area contributed by atoms with Crippen molar-refractivity contribution in [2.24, 2.45) is 0 Å². The van der Waals surface area contributed by atoms with Crippen molar-refractivity contribution in [2.75, 3.05) is 5.73 Å². The summed E-state index contributed by atoms with van der Waals surface area (Å²) in [5.41, 5.74) is 5.09. The molecule has 2 aromatic rings. The molecule has 108 valence electrons. The minimum atomic E-state index is -1.27. The number of nitrogens with zero attached hydrogens (tertiary/aromatic N) is 1. The van der Waals surface area contributed by atoms with E-state index < -0.39 is 23.2 Å². The maximum absolute atomic E-state index is 13.9. The van der Waals surface area contributed by atoms with Crippen molar-refractivity contribution in [1.82, 2.24) is 0 Å². The molecular formula is C14H8BrF3N2O. The number of nitriles is 1. The second-order valence-corrected chi connectivity index (χ2v) is 4.96. The van der Waals surface area contributed by atoms with Gasteiger partial charge in [-0.15, -0.1) is 0 Å². The van der Waals surface area contributed by atoms with Crippen molar-refractivity contribution in [1.29, 1.82) is 5.26 Å². The molecule has 2 aromatic carbocycles. The molecule has 0 aliphatic carbocycles. The number of anilines is 1. The Balaban J connectivity index is 2.53. The predicted molar refractivity (Wildman–Crippen MR) is 74.4 cm³/mol. The average Bonchev–Trinajstić information content (AvgIpc) is 2.49. The normalized spacial score (nSPS) is 10.3. The molecular weight excluding hydrogens is 349 g/mol. The lowest BCUT2D eigenvalue weighted by molar-refractivity contribution is 0.413. The third-order valence-electron chi connectivity index (χ3n) is 2.84. The van der Waals surface area contributed by atoms with Gasteiger partial charge in [-0.05, 0) is 40.5 Å². The van der Waals surface area contributed by atoms with E-state index in [1.807, 2.05) is 0 Å². The van der Waals surface area contributed by atoms with Gasteiger partial charge in [0, 0.05) is 6.07 Å². The molecule has 0 aliphatic rings. The summed E-state index contributed by atoms with van der Waals surface area (Å²) >= 11 is 3.07. The summed E-state index contributed by atoms with van der Waals surface area (Å²) in [5, 5.41) is 8.74. The molecule has 0 saturated heterocycles. The Morgan fingerprint density at radius 2 is 1.90 bits per heavy atom. The highest BCUT2D eigenvalue weighted by molar-refractivity contribution is 9.10. The third-order valence-corrected chi connectivity index (χ3v) is 3.79. The predicted octanol–water partition coefficient (Wildman–Crippen LogP) is 4.42. The Labute approximate surface area is 126 Å². The van der Waals surface area contributed by atoms with Crippen LogP contribution < -0.4 is 10.5 Å². The van der Waals surface area contributed by atoms with Crippen LogP contribution in [0.25, 0.3) is 0 Å². The summed E-state index contributed by atoms with van der Waals surface area (Å²) in [4.78, 5) is 0. The van der Waals surface area contributed by atoms with E-state index in [0.29, 0.717) is 0 Å². The second-order valence-electron chi connectivity index (χ2n) is 4.17. The van der Waals surface area contributed by atoms with Gasteiger partial charge in [0.1, 0.15) is 17.6 Å². The van der Waals surface area contributed by atoms with Crippen LogP contribution in [0.4, 0.5) is 18.9 Å². The molecule has 3 nitrogen and oxygen atoms in total. The lowest BCUT2D eigenvalue weighted by Gasteiger charge is -2.13. The lowest BCUT2D eigenvalue weighted by Crippen LogP contribution is -2.02. The maximum Gasteiger partial charge on any atom is 0.204 e. The van der Waals surface area contributed by atoms with E-state index in [1.54, 1.807) is 6.07 Å². The molecule has 0 heterocycles. The summed E-state index contributed by atoms with van der Waals surface area (Å²) < 4.78 is 46.1. The first-order chi connectivity index (χ1) is 9.86. The molecule has 21 heavy (non-hydrogen) atoms. The topological polar surface area (TPSA) is 59.0 Å².